The molecule has 19 heavy (non-hydrogen) atoms. The zero-order chi connectivity index (χ0) is 13.7. The summed E-state index contributed by atoms with van der Waals surface area (Å²) in [4.78, 5) is 12.3. The molecule has 0 radical (unpaired) electrons. The zero-order valence-corrected chi connectivity index (χ0v) is 11.7. The van der Waals surface area contributed by atoms with Gasteiger partial charge in [0, 0.05) is 12.2 Å². The molecule has 2 N–H and O–H groups in total. The molecule has 0 unspecified atom stereocenters. The van der Waals surface area contributed by atoms with Crippen molar-refractivity contribution in [3.8, 4) is 0 Å². The van der Waals surface area contributed by atoms with Crippen LogP contribution in [0, 0.1) is 6.92 Å². The average Bonchev–Trinajstić information content (AvgIpc) is 2.35. The van der Waals surface area contributed by atoms with E-state index in [0.29, 0.717) is 11.9 Å². The van der Waals surface area contributed by atoms with Crippen LogP contribution >= 0.6 is 11.6 Å². The first-order valence-electron chi connectivity index (χ1n) is 6.16. The van der Waals surface area contributed by atoms with Crippen LogP contribution in [0.3, 0.4) is 0 Å². The van der Waals surface area contributed by atoms with Gasteiger partial charge in [-0.05, 0) is 42.6 Å². The predicted octanol–water partition coefficient (Wildman–Crippen LogP) is 3.40. The van der Waals surface area contributed by atoms with Crippen molar-refractivity contribution >= 4 is 29.2 Å². The molecule has 0 fully saturated rings. The SMILES string of the molecule is CCCNc1nc(Cl)nc(Nc2cccc(C)c2)n1. The van der Waals surface area contributed by atoms with Crippen LogP contribution < -0.4 is 10.6 Å². The smallest absolute Gasteiger partial charge is 0.233 e. The number of benzene rings is 1. The van der Waals surface area contributed by atoms with Crippen LogP contribution in [0.2, 0.25) is 5.28 Å². The minimum atomic E-state index is 0.170. The third-order valence-electron chi connectivity index (χ3n) is 2.42. The van der Waals surface area contributed by atoms with Gasteiger partial charge in [0.15, 0.2) is 0 Å². The average molecular weight is 278 g/mol. The van der Waals surface area contributed by atoms with Crippen molar-refractivity contribution < 1.29 is 0 Å². The van der Waals surface area contributed by atoms with E-state index in [1.807, 2.05) is 31.2 Å². The number of anilines is 3. The van der Waals surface area contributed by atoms with Gasteiger partial charge in [-0.1, -0.05) is 19.1 Å². The van der Waals surface area contributed by atoms with Crippen LogP contribution in [0.1, 0.15) is 18.9 Å². The van der Waals surface area contributed by atoms with Crippen molar-refractivity contribution in [2.75, 3.05) is 17.2 Å². The molecule has 0 bridgehead atoms. The summed E-state index contributed by atoms with van der Waals surface area (Å²) in [5, 5.41) is 6.37. The lowest BCUT2D eigenvalue weighted by Gasteiger charge is -2.08. The third-order valence-corrected chi connectivity index (χ3v) is 2.58. The van der Waals surface area contributed by atoms with E-state index in [0.717, 1.165) is 24.2 Å². The first kappa shape index (κ1) is 13.5. The van der Waals surface area contributed by atoms with Crippen molar-refractivity contribution in [2.24, 2.45) is 0 Å². The fourth-order valence-corrected chi connectivity index (χ4v) is 1.73. The Bertz CT molecular complexity index is 558. The van der Waals surface area contributed by atoms with Crippen molar-refractivity contribution in [2.45, 2.75) is 20.3 Å². The topological polar surface area (TPSA) is 62.7 Å². The summed E-state index contributed by atoms with van der Waals surface area (Å²) < 4.78 is 0. The Balaban J connectivity index is 2.17. The molecule has 0 aliphatic heterocycles. The number of hydrogen-bond donors (Lipinski definition) is 2. The molecule has 0 spiro atoms. The molecule has 0 saturated carbocycles. The fourth-order valence-electron chi connectivity index (χ4n) is 1.57. The van der Waals surface area contributed by atoms with Crippen molar-refractivity contribution in [3.05, 3.63) is 35.1 Å². The lowest BCUT2D eigenvalue weighted by Crippen LogP contribution is -2.07. The minimum Gasteiger partial charge on any atom is -0.354 e. The van der Waals surface area contributed by atoms with Gasteiger partial charge in [0.1, 0.15) is 0 Å². The van der Waals surface area contributed by atoms with Crippen molar-refractivity contribution in [1.82, 2.24) is 15.0 Å². The van der Waals surface area contributed by atoms with Crippen molar-refractivity contribution in [3.63, 3.8) is 0 Å². The van der Waals surface area contributed by atoms with Crippen LogP contribution in [0.5, 0.6) is 0 Å². The molecule has 100 valence electrons. The van der Waals surface area contributed by atoms with E-state index >= 15 is 0 Å². The summed E-state index contributed by atoms with van der Waals surface area (Å²) in [5.74, 6) is 0.918. The van der Waals surface area contributed by atoms with Crippen LogP contribution in [0.4, 0.5) is 17.6 Å². The first-order valence-corrected chi connectivity index (χ1v) is 6.54. The standard InChI is InChI=1S/C13H16ClN5/c1-3-7-15-12-17-11(14)18-13(19-12)16-10-6-4-5-9(2)8-10/h4-6,8H,3,7H2,1-2H3,(H2,15,16,17,18,19). The Morgan fingerprint density at radius 1 is 1.16 bits per heavy atom. The normalized spacial score (nSPS) is 10.3. The van der Waals surface area contributed by atoms with E-state index < -0.39 is 0 Å². The highest BCUT2D eigenvalue weighted by molar-refractivity contribution is 6.28. The number of hydrogen-bond acceptors (Lipinski definition) is 5. The van der Waals surface area contributed by atoms with Gasteiger partial charge >= 0.3 is 0 Å². The molecule has 2 aromatic rings. The molecular formula is C13H16ClN5. The molecule has 1 aromatic carbocycles. The maximum Gasteiger partial charge on any atom is 0.233 e. The lowest BCUT2D eigenvalue weighted by atomic mass is 10.2. The molecule has 0 atom stereocenters. The largest absolute Gasteiger partial charge is 0.354 e. The molecule has 2 rings (SSSR count). The Morgan fingerprint density at radius 3 is 2.68 bits per heavy atom. The molecule has 1 aromatic heterocycles. The van der Waals surface area contributed by atoms with E-state index in [2.05, 4.69) is 32.5 Å². The summed E-state index contributed by atoms with van der Waals surface area (Å²) in [7, 11) is 0. The molecule has 0 amide bonds. The van der Waals surface area contributed by atoms with E-state index in [4.69, 9.17) is 11.6 Å². The number of rotatable bonds is 5. The summed E-state index contributed by atoms with van der Waals surface area (Å²) in [5.41, 5.74) is 2.08. The molecule has 1 heterocycles. The summed E-state index contributed by atoms with van der Waals surface area (Å²) in [6.45, 7) is 4.89. The van der Waals surface area contributed by atoms with Gasteiger partial charge in [-0.3, -0.25) is 0 Å². The number of aromatic nitrogens is 3. The van der Waals surface area contributed by atoms with Gasteiger partial charge in [-0.25, -0.2) is 0 Å². The highest BCUT2D eigenvalue weighted by Gasteiger charge is 2.04. The molecule has 0 aliphatic carbocycles. The van der Waals surface area contributed by atoms with Crippen molar-refractivity contribution in [1.29, 1.82) is 0 Å². The molecule has 0 saturated heterocycles. The van der Waals surface area contributed by atoms with Crippen LogP contribution in [-0.4, -0.2) is 21.5 Å². The second kappa shape index (κ2) is 6.33. The number of nitrogens with zero attached hydrogens (tertiary/aromatic N) is 3. The van der Waals surface area contributed by atoms with Gasteiger partial charge < -0.3 is 10.6 Å². The van der Waals surface area contributed by atoms with E-state index in [9.17, 15) is 0 Å². The third kappa shape index (κ3) is 4.06. The maximum atomic E-state index is 5.88. The van der Waals surface area contributed by atoms with Gasteiger partial charge in [-0.15, -0.1) is 0 Å². The molecular weight excluding hydrogens is 262 g/mol. The summed E-state index contributed by atoms with van der Waals surface area (Å²) in [6, 6.07) is 7.96. The van der Waals surface area contributed by atoms with E-state index in [1.165, 1.54) is 0 Å². The first-order chi connectivity index (χ1) is 9.17. The number of halogens is 1. The quantitative estimate of drug-likeness (QED) is 0.877. The van der Waals surface area contributed by atoms with E-state index in [1.54, 1.807) is 0 Å². The van der Waals surface area contributed by atoms with Gasteiger partial charge in [0.05, 0.1) is 0 Å². The van der Waals surface area contributed by atoms with Crippen LogP contribution in [0.25, 0.3) is 0 Å². The van der Waals surface area contributed by atoms with Gasteiger partial charge in [-0.2, -0.15) is 15.0 Å². The second-order valence-corrected chi connectivity index (χ2v) is 4.51. The van der Waals surface area contributed by atoms with E-state index in [-0.39, 0.29) is 5.28 Å². The lowest BCUT2D eigenvalue weighted by molar-refractivity contribution is 0.940. The molecule has 6 heteroatoms. The number of aryl methyl sites for hydroxylation is 1. The molecule has 0 aliphatic rings. The summed E-state index contributed by atoms with van der Waals surface area (Å²) >= 11 is 5.88. The second-order valence-electron chi connectivity index (χ2n) is 4.17. The highest BCUT2D eigenvalue weighted by Crippen LogP contribution is 2.16. The minimum absolute atomic E-state index is 0.170. The fraction of sp³-hybridized carbons (Fsp3) is 0.308. The van der Waals surface area contributed by atoms with Gasteiger partial charge in [0.25, 0.3) is 0 Å². The monoisotopic (exact) mass is 277 g/mol. The Hall–Kier alpha value is -1.88. The Morgan fingerprint density at radius 2 is 1.95 bits per heavy atom. The Labute approximate surface area is 117 Å². The Kier molecular flexibility index (Phi) is 4.52. The maximum absolute atomic E-state index is 5.88. The zero-order valence-electron chi connectivity index (χ0n) is 10.9. The molecule has 5 nitrogen and oxygen atoms in total. The predicted molar refractivity (Wildman–Crippen MR) is 78.1 cm³/mol. The van der Waals surface area contributed by atoms with Crippen LogP contribution in [0.15, 0.2) is 24.3 Å². The highest BCUT2D eigenvalue weighted by atomic mass is 35.5. The number of nitrogens with one attached hydrogen (secondary N) is 2. The van der Waals surface area contributed by atoms with Gasteiger partial charge in [0.2, 0.25) is 17.2 Å². The van der Waals surface area contributed by atoms with Crippen LogP contribution in [-0.2, 0) is 0 Å². The summed E-state index contributed by atoms with van der Waals surface area (Å²) in [6.07, 6.45) is 0.990.